The van der Waals surface area contributed by atoms with Gasteiger partial charge in [-0.3, -0.25) is 9.59 Å². The van der Waals surface area contributed by atoms with E-state index in [0.29, 0.717) is 10.7 Å². The molecule has 1 aromatic carbocycles. The fraction of sp³-hybridized carbons (Fsp3) is 0.0714. The van der Waals surface area contributed by atoms with Crippen LogP contribution in [0, 0.1) is 6.92 Å². The van der Waals surface area contributed by atoms with Gasteiger partial charge in [0.25, 0.3) is 0 Å². The summed E-state index contributed by atoms with van der Waals surface area (Å²) < 4.78 is 0. The van der Waals surface area contributed by atoms with Gasteiger partial charge in [-0.15, -0.1) is 11.3 Å². The van der Waals surface area contributed by atoms with E-state index < -0.39 is 17.8 Å². The van der Waals surface area contributed by atoms with Crippen molar-refractivity contribution in [1.82, 2.24) is 0 Å². The number of amides is 2. The molecule has 0 saturated carbocycles. The zero-order chi connectivity index (χ0) is 15.4. The molecular formula is C14H12N2O4S. The molecule has 1 aromatic heterocycles. The molecule has 0 aliphatic heterocycles. The lowest BCUT2D eigenvalue weighted by Gasteiger charge is -2.05. The van der Waals surface area contributed by atoms with Crippen LogP contribution in [-0.4, -0.2) is 22.9 Å². The Balaban J connectivity index is 1.97. The van der Waals surface area contributed by atoms with Gasteiger partial charge in [0.05, 0.1) is 5.00 Å². The Hall–Kier alpha value is -2.67. The Morgan fingerprint density at radius 2 is 1.57 bits per heavy atom. The van der Waals surface area contributed by atoms with Gasteiger partial charge in [0.2, 0.25) is 0 Å². The SMILES string of the molecule is Cc1ccc(NC(=O)C(=O)Nc2ccc(C(=O)O)s2)cc1. The van der Waals surface area contributed by atoms with Crippen LogP contribution in [0.5, 0.6) is 0 Å². The Morgan fingerprint density at radius 3 is 2.14 bits per heavy atom. The first-order valence-corrected chi connectivity index (χ1v) is 6.79. The zero-order valence-electron chi connectivity index (χ0n) is 11.0. The summed E-state index contributed by atoms with van der Waals surface area (Å²) in [5.41, 5.74) is 1.55. The van der Waals surface area contributed by atoms with Crippen LogP contribution >= 0.6 is 11.3 Å². The third-order valence-electron chi connectivity index (χ3n) is 2.57. The fourth-order valence-corrected chi connectivity index (χ4v) is 2.25. The number of anilines is 2. The molecule has 0 atom stereocenters. The third kappa shape index (κ3) is 3.90. The van der Waals surface area contributed by atoms with E-state index in [4.69, 9.17) is 5.11 Å². The number of carboxylic acid groups (broad SMARTS) is 1. The largest absolute Gasteiger partial charge is 0.477 e. The molecule has 7 heteroatoms. The maximum Gasteiger partial charge on any atom is 0.345 e. The fourth-order valence-electron chi connectivity index (χ4n) is 1.51. The third-order valence-corrected chi connectivity index (χ3v) is 3.56. The predicted octanol–water partition coefficient (Wildman–Crippen LogP) is 2.33. The Labute approximate surface area is 124 Å². The second-order valence-corrected chi connectivity index (χ2v) is 5.33. The van der Waals surface area contributed by atoms with Crippen molar-refractivity contribution in [2.24, 2.45) is 0 Å². The summed E-state index contributed by atoms with van der Waals surface area (Å²) in [6, 6.07) is 9.80. The number of aryl methyl sites for hydroxylation is 1. The molecule has 0 aliphatic rings. The summed E-state index contributed by atoms with van der Waals surface area (Å²) in [6.07, 6.45) is 0. The Kier molecular flexibility index (Phi) is 4.34. The lowest BCUT2D eigenvalue weighted by molar-refractivity contribution is -0.132. The van der Waals surface area contributed by atoms with Crippen LogP contribution in [0.25, 0.3) is 0 Å². The molecule has 0 aliphatic carbocycles. The minimum Gasteiger partial charge on any atom is -0.477 e. The topological polar surface area (TPSA) is 95.5 Å². The Morgan fingerprint density at radius 1 is 0.952 bits per heavy atom. The minimum absolute atomic E-state index is 0.0873. The highest BCUT2D eigenvalue weighted by molar-refractivity contribution is 7.18. The highest BCUT2D eigenvalue weighted by Crippen LogP contribution is 2.21. The first-order chi connectivity index (χ1) is 9.95. The van der Waals surface area contributed by atoms with Crippen LogP contribution in [0.4, 0.5) is 10.7 Å². The van der Waals surface area contributed by atoms with Crippen LogP contribution in [0.15, 0.2) is 36.4 Å². The van der Waals surface area contributed by atoms with Gasteiger partial charge in [0.1, 0.15) is 4.88 Å². The van der Waals surface area contributed by atoms with Crippen molar-refractivity contribution in [3.63, 3.8) is 0 Å². The first-order valence-electron chi connectivity index (χ1n) is 5.98. The number of hydrogen-bond acceptors (Lipinski definition) is 4. The summed E-state index contributed by atoms with van der Waals surface area (Å²) >= 11 is 0.883. The smallest absolute Gasteiger partial charge is 0.345 e. The van der Waals surface area contributed by atoms with Crippen LogP contribution in [-0.2, 0) is 9.59 Å². The van der Waals surface area contributed by atoms with Gasteiger partial charge < -0.3 is 15.7 Å². The first kappa shape index (κ1) is 14.7. The van der Waals surface area contributed by atoms with E-state index in [1.54, 1.807) is 12.1 Å². The molecule has 0 spiro atoms. The second kappa shape index (κ2) is 6.19. The van der Waals surface area contributed by atoms with Gasteiger partial charge in [0, 0.05) is 5.69 Å². The van der Waals surface area contributed by atoms with E-state index >= 15 is 0 Å². The molecule has 2 amide bonds. The zero-order valence-corrected chi connectivity index (χ0v) is 11.9. The Bertz CT molecular complexity index is 691. The van der Waals surface area contributed by atoms with E-state index in [2.05, 4.69) is 10.6 Å². The van der Waals surface area contributed by atoms with Crippen molar-refractivity contribution in [3.8, 4) is 0 Å². The highest BCUT2D eigenvalue weighted by Gasteiger charge is 2.16. The predicted molar refractivity (Wildman–Crippen MR) is 79.7 cm³/mol. The maximum absolute atomic E-state index is 11.7. The van der Waals surface area contributed by atoms with Crippen molar-refractivity contribution in [1.29, 1.82) is 0 Å². The molecule has 0 fully saturated rings. The van der Waals surface area contributed by atoms with Gasteiger partial charge in [-0.25, -0.2) is 4.79 Å². The standard InChI is InChI=1S/C14H12N2O4S/c1-8-2-4-9(5-3-8)15-12(17)13(18)16-11-7-6-10(21-11)14(19)20/h2-7H,1H3,(H,15,17)(H,16,18)(H,19,20). The summed E-state index contributed by atoms with van der Waals surface area (Å²) in [4.78, 5) is 34.2. The second-order valence-electron chi connectivity index (χ2n) is 4.24. The molecule has 1 heterocycles. The molecule has 21 heavy (non-hydrogen) atoms. The molecule has 0 radical (unpaired) electrons. The maximum atomic E-state index is 11.7. The number of nitrogens with one attached hydrogen (secondary N) is 2. The van der Waals surface area contributed by atoms with Gasteiger partial charge >= 0.3 is 17.8 Å². The highest BCUT2D eigenvalue weighted by atomic mass is 32.1. The van der Waals surface area contributed by atoms with E-state index in [1.807, 2.05) is 19.1 Å². The monoisotopic (exact) mass is 304 g/mol. The molecule has 3 N–H and O–H groups in total. The number of carboxylic acids is 1. The average Bonchev–Trinajstić information content (AvgIpc) is 2.90. The molecule has 2 rings (SSSR count). The molecular weight excluding hydrogens is 292 g/mol. The van der Waals surface area contributed by atoms with E-state index in [9.17, 15) is 14.4 Å². The van der Waals surface area contributed by atoms with E-state index in [-0.39, 0.29) is 4.88 Å². The molecule has 2 aromatic rings. The van der Waals surface area contributed by atoms with Crippen molar-refractivity contribution in [3.05, 3.63) is 46.8 Å². The van der Waals surface area contributed by atoms with Crippen molar-refractivity contribution >= 4 is 39.8 Å². The van der Waals surface area contributed by atoms with Gasteiger partial charge in [-0.1, -0.05) is 17.7 Å². The quantitative estimate of drug-likeness (QED) is 0.758. The van der Waals surface area contributed by atoms with Crippen molar-refractivity contribution in [2.75, 3.05) is 10.6 Å². The van der Waals surface area contributed by atoms with Crippen LogP contribution in [0.1, 0.15) is 15.2 Å². The van der Waals surface area contributed by atoms with Gasteiger partial charge in [0.15, 0.2) is 0 Å². The normalized spacial score (nSPS) is 9.95. The van der Waals surface area contributed by atoms with Crippen molar-refractivity contribution < 1.29 is 19.5 Å². The number of rotatable bonds is 3. The van der Waals surface area contributed by atoms with Crippen LogP contribution in [0.2, 0.25) is 0 Å². The van der Waals surface area contributed by atoms with Crippen molar-refractivity contribution in [2.45, 2.75) is 6.92 Å². The molecule has 108 valence electrons. The average molecular weight is 304 g/mol. The van der Waals surface area contributed by atoms with Crippen LogP contribution in [0.3, 0.4) is 0 Å². The molecule has 0 bridgehead atoms. The minimum atomic E-state index is -1.08. The molecule has 6 nitrogen and oxygen atoms in total. The summed E-state index contributed by atoms with van der Waals surface area (Å²) in [5, 5.41) is 13.9. The van der Waals surface area contributed by atoms with Gasteiger partial charge in [-0.2, -0.15) is 0 Å². The summed E-state index contributed by atoms with van der Waals surface area (Å²) in [6.45, 7) is 1.91. The molecule has 0 unspecified atom stereocenters. The van der Waals surface area contributed by atoms with Crippen LogP contribution < -0.4 is 10.6 Å². The number of carbonyl (C=O) groups excluding carboxylic acids is 2. The molecule has 0 saturated heterocycles. The summed E-state index contributed by atoms with van der Waals surface area (Å²) in [7, 11) is 0. The van der Waals surface area contributed by atoms with Gasteiger partial charge in [-0.05, 0) is 31.2 Å². The number of carbonyl (C=O) groups is 3. The lowest BCUT2D eigenvalue weighted by Crippen LogP contribution is -2.28. The number of benzene rings is 1. The number of thiophene rings is 1. The van der Waals surface area contributed by atoms with E-state index in [0.717, 1.165) is 16.9 Å². The number of aromatic carboxylic acids is 1. The summed E-state index contributed by atoms with van der Waals surface area (Å²) in [5.74, 6) is -2.75. The lowest BCUT2D eigenvalue weighted by atomic mass is 10.2. The number of hydrogen-bond donors (Lipinski definition) is 3. The van der Waals surface area contributed by atoms with E-state index in [1.165, 1.54) is 12.1 Å².